The second-order valence-electron chi connectivity index (χ2n) is 3.18. The molecule has 12 heavy (non-hydrogen) atoms. The first kappa shape index (κ1) is 9.48. The van der Waals surface area contributed by atoms with Crippen molar-refractivity contribution in [1.29, 1.82) is 0 Å². The Bertz CT molecular complexity index is 157. The van der Waals surface area contributed by atoms with Gasteiger partial charge < -0.3 is 4.90 Å². The molecule has 1 fully saturated rings. The monoisotopic (exact) mass is 173 g/mol. The largest absolute Gasteiger partial charge is 0.304 e. The van der Waals surface area contributed by atoms with Gasteiger partial charge in [0.05, 0.1) is 0 Å². The number of hydrogen-bond donors (Lipinski definition) is 1. The highest BCUT2D eigenvalue weighted by molar-refractivity contribution is 5.74. The van der Waals surface area contributed by atoms with Gasteiger partial charge >= 0.3 is 0 Å². The van der Waals surface area contributed by atoms with Gasteiger partial charge in [0.25, 0.3) is 0 Å². The molecule has 0 spiro atoms. The van der Waals surface area contributed by atoms with Crippen molar-refractivity contribution in [3.05, 3.63) is 0 Å². The summed E-state index contributed by atoms with van der Waals surface area (Å²) in [7, 11) is 2.10. The zero-order chi connectivity index (χ0) is 8.97. The fourth-order valence-electron chi connectivity index (χ4n) is 1.17. The van der Waals surface area contributed by atoms with Gasteiger partial charge in [0, 0.05) is 34.0 Å². The van der Waals surface area contributed by atoms with Gasteiger partial charge in [0.2, 0.25) is 5.91 Å². The molecule has 0 atom stereocenters. The van der Waals surface area contributed by atoms with Gasteiger partial charge in [-0.25, -0.2) is 5.01 Å². The summed E-state index contributed by atoms with van der Waals surface area (Å²) < 4.78 is 0. The van der Waals surface area contributed by atoms with E-state index in [0.717, 1.165) is 26.2 Å². The molecule has 0 bridgehead atoms. The Morgan fingerprint density at radius 1 is 1.42 bits per heavy atom. The van der Waals surface area contributed by atoms with Crippen LogP contribution in [0.5, 0.6) is 0 Å². The summed E-state index contributed by atoms with van der Waals surface area (Å²) in [5, 5.41) is 1.99. The van der Waals surface area contributed by atoms with Crippen molar-refractivity contribution in [3.63, 3.8) is 0 Å². The van der Waals surface area contributed by atoms with Crippen molar-refractivity contribution in [2.75, 3.05) is 33.2 Å². The molecule has 0 saturated carbocycles. The summed E-state index contributed by atoms with van der Waals surface area (Å²) in [6.45, 7) is 5.80. The topological polar surface area (TPSA) is 35.6 Å². The lowest BCUT2D eigenvalue weighted by molar-refractivity contribution is -0.126. The highest BCUT2D eigenvalue weighted by Crippen LogP contribution is 1.95. The van der Waals surface area contributed by atoms with E-state index in [4.69, 9.17) is 0 Å². The third-order valence-corrected chi connectivity index (χ3v) is 2.11. The van der Waals surface area contributed by atoms with Crippen LogP contribution >= 0.6 is 0 Å². The SMILES string of the molecule is CCC(=O)NN1CCN(C)CC1.[HH]. The van der Waals surface area contributed by atoms with Crippen LogP contribution in [0.4, 0.5) is 0 Å². The lowest BCUT2D eigenvalue weighted by atomic mass is 10.4. The number of nitrogens with one attached hydrogen (secondary N) is 1. The molecule has 72 valence electrons. The maximum absolute atomic E-state index is 11.0. The molecule has 1 rings (SSSR count). The van der Waals surface area contributed by atoms with E-state index in [1.807, 2.05) is 11.9 Å². The minimum absolute atomic E-state index is 0. The maximum atomic E-state index is 11.0. The van der Waals surface area contributed by atoms with E-state index in [1.54, 1.807) is 0 Å². The molecule has 0 aromatic carbocycles. The first-order chi connectivity index (χ1) is 5.72. The average molecular weight is 173 g/mol. The fraction of sp³-hybridized carbons (Fsp3) is 0.875. The highest BCUT2D eigenvalue weighted by Gasteiger charge is 2.14. The number of carbonyl (C=O) groups is 1. The fourth-order valence-corrected chi connectivity index (χ4v) is 1.17. The van der Waals surface area contributed by atoms with Crippen LogP contribution < -0.4 is 5.43 Å². The molecule has 0 aromatic heterocycles. The Labute approximate surface area is 75.0 Å². The van der Waals surface area contributed by atoms with Crippen LogP contribution in [-0.2, 0) is 4.79 Å². The molecule has 1 aliphatic heterocycles. The van der Waals surface area contributed by atoms with Gasteiger partial charge in [-0.3, -0.25) is 10.2 Å². The second kappa shape index (κ2) is 4.42. The van der Waals surface area contributed by atoms with Crippen LogP contribution in [0.25, 0.3) is 0 Å². The molecule has 0 aromatic rings. The van der Waals surface area contributed by atoms with Crippen molar-refractivity contribution in [3.8, 4) is 0 Å². The normalized spacial score (nSPS) is 20.8. The number of likely N-dealkylation sites (N-methyl/N-ethyl adjacent to an activating group) is 1. The Kier molecular flexibility index (Phi) is 3.49. The van der Waals surface area contributed by atoms with Crippen LogP contribution in [0, 0.1) is 0 Å². The number of amides is 1. The maximum Gasteiger partial charge on any atom is 0.233 e. The Morgan fingerprint density at radius 3 is 2.50 bits per heavy atom. The van der Waals surface area contributed by atoms with Gasteiger partial charge in [-0.2, -0.15) is 0 Å². The summed E-state index contributed by atoms with van der Waals surface area (Å²) >= 11 is 0. The van der Waals surface area contributed by atoms with E-state index >= 15 is 0 Å². The van der Waals surface area contributed by atoms with Crippen LogP contribution in [-0.4, -0.2) is 49.0 Å². The zero-order valence-corrected chi connectivity index (χ0v) is 7.84. The van der Waals surface area contributed by atoms with Crippen molar-refractivity contribution in [2.45, 2.75) is 13.3 Å². The minimum atomic E-state index is 0. The van der Waals surface area contributed by atoms with E-state index in [9.17, 15) is 4.79 Å². The standard InChI is InChI=1S/C8H17N3O.H2/c1-3-8(12)9-11-6-4-10(2)5-7-11;/h3-7H2,1-2H3,(H,9,12);1H. The predicted molar refractivity (Wildman–Crippen MR) is 49.6 cm³/mol. The molecule has 1 N–H and O–H groups in total. The number of carbonyl (C=O) groups excluding carboxylic acids is 1. The summed E-state index contributed by atoms with van der Waals surface area (Å²) in [5.41, 5.74) is 2.86. The highest BCUT2D eigenvalue weighted by atomic mass is 16.2. The molecule has 4 heteroatoms. The average Bonchev–Trinajstić information content (AvgIpc) is 2.09. The van der Waals surface area contributed by atoms with E-state index in [2.05, 4.69) is 17.4 Å². The first-order valence-electron chi connectivity index (χ1n) is 4.45. The van der Waals surface area contributed by atoms with E-state index in [-0.39, 0.29) is 7.33 Å². The third-order valence-electron chi connectivity index (χ3n) is 2.11. The van der Waals surface area contributed by atoms with Gasteiger partial charge in [-0.1, -0.05) is 6.92 Å². The van der Waals surface area contributed by atoms with Crippen molar-refractivity contribution >= 4 is 5.91 Å². The van der Waals surface area contributed by atoms with E-state index < -0.39 is 0 Å². The van der Waals surface area contributed by atoms with Gasteiger partial charge in [-0.05, 0) is 7.05 Å². The van der Waals surface area contributed by atoms with Crippen molar-refractivity contribution < 1.29 is 6.22 Å². The zero-order valence-electron chi connectivity index (χ0n) is 7.84. The number of nitrogens with zero attached hydrogens (tertiary/aromatic N) is 2. The lowest BCUT2D eigenvalue weighted by Crippen LogP contribution is -2.52. The van der Waals surface area contributed by atoms with E-state index in [1.165, 1.54) is 0 Å². The first-order valence-corrected chi connectivity index (χ1v) is 4.45. The summed E-state index contributed by atoms with van der Waals surface area (Å²) in [4.78, 5) is 13.3. The predicted octanol–water partition coefficient (Wildman–Crippen LogP) is -0.0790. The molecule has 1 heterocycles. The third kappa shape index (κ3) is 2.79. The van der Waals surface area contributed by atoms with Gasteiger partial charge in [0.1, 0.15) is 0 Å². The molecule has 0 unspecified atom stereocenters. The molecule has 1 saturated heterocycles. The Balaban J connectivity index is 0.00000144. The van der Waals surface area contributed by atoms with Crippen molar-refractivity contribution in [2.24, 2.45) is 0 Å². The molecule has 0 aliphatic carbocycles. The van der Waals surface area contributed by atoms with Crippen LogP contribution in [0.15, 0.2) is 0 Å². The summed E-state index contributed by atoms with van der Waals surface area (Å²) in [6.07, 6.45) is 0.562. The number of rotatable bonds is 2. The Hall–Kier alpha value is -0.610. The molecular formula is C8H19N3O. The second-order valence-corrected chi connectivity index (χ2v) is 3.18. The van der Waals surface area contributed by atoms with Crippen LogP contribution in [0.1, 0.15) is 14.8 Å². The molecule has 4 nitrogen and oxygen atoms in total. The molecule has 0 radical (unpaired) electrons. The number of hydrogen-bond acceptors (Lipinski definition) is 3. The molecule has 1 aliphatic rings. The van der Waals surface area contributed by atoms with Crippen molar-refractivity contribution in [1.82, 2.24) is 15.3 Å². The van der Waals surface area contributed by atoms with Crippen LogP contribution in [0.3, 0.4) is 0 Å². The Morgan fingerprint density at radius 2 is 2.00 bits per heavy atom. The summed E-state index contributed by atoms with van der Waals surface area (Å²) in [6, 6.07) is 0. The molecular weight excluding hydrogens is 154 g/mol. The molecule has 1 amide bonds. The van der Waals surface area contributed by atoms with E-state index in [0.29, 0.717) is 6.42 Å². The quantitative estimate of drug-likeness (QED) is 0.634. The lowest BCUT2D eigenvalue weighted by Gasteiger charge is -2.32. The number of hydrazine groups is 1. The smallest absolute Gasteiger partial charge is 0.233 e. The minimum Gasteiger partial charge on any atom is -0.304 e. The summed E-state index contributed by atoms with van der Waals surface area (Å²) in [5.74, 6) is 0.111. The van der Waals surface area contributed by atoms with Crippen LogP contribution in [0.2, 0.25) is 0 Å². The van der Waals surface area contributed by atoms with Gasteiger partial charge in [-0.15, -0.1) is 0 Å². The number of piperazine rings is 1. The van der Waals surface area contributed by atoms with Gasteiger partial charge in [0.15, 0.2) is 0 Å².